The molecular weight excluding hydrogens is 538 g/mol. The molecule has 1 heterocycles. The third-order valence-electron chi connectivity index (χ3n) is 7.79. The van der Waals surface area contributed by atoms with Crippen molar-refractivity contribution in [3.05, 3.63) is 0 Å². The maximum absolute atomic E-state index is 14.0. The number of ether oxygens (including phenoxy) is 1. The number of hydrogen-bond donors (Lipinski definition) is 3. The molecule has 12 heteroatoms. The molecule has 2 aliphatic rings. The van der Waals surface area contributed by atoms with E-state index in [1.165, 1.54) is 12.0 Å². The summed E-state index contributed by atoms with van der Waals surface area (Å²) in [5, 5.41) is 7.66. The molecule has 10 nitrogen and oxygen atoms in total. The first-order valence-corrected chi connectivity index (χ1v) is 14.4. The fraction of sp³-hybridized carbons (Fsp3) is 0.828. The Morgan fingerprint density at radius 2 is 1.54 bits per heavy atom. The van der Waals surface area contributed by atoms with E-state index in [0.29, 0.717) is 13.3 Å². The van der Waals surface area contributed by atoms with Crippen LogP contribution in [0.2, 0.25) is 0 Å². The van der Waals surface area contributed by atoms with E-state index >= 15 is 0 Å². The average Bonchev–Trinajstić information content (AvgIpc) is 3.20. The number of methoxy groups -OCH3 is 1. The van der Waals surface area contributed by atoms with Gasteiger partial charge in [-0.25, -0.2) is 13.6 Å². The number of hydrogen-bond acceptors (Lipinski definition) is 6. The number of alkyl carbamates (subject to hydrolysis) is 1. The minimum atomic E-state index is -3.12. The molecule has 41 heavy (non-hydrogen) atoms. The van der Waals surface area contributed by atoms with Crippen LogP contribution in [0.4, 0.5) is 13.6 Å². The molecular formula is C29H48F2N4O6. The van der Waals surface area contributed by atoms with Crippen LogP contribution in [-0.2, 0) is 23.9 Å². The predicted octanol–water partition coefficient (Wildman–Crippen LogP) is 3.71. The van der Waals surface area contributed by atoms with E-state index in [1.807, 2.05) is 0 Å². The summed E-state index contributed by atoms with van der Waals surface area (Å²) in [5.74, 6) is -6.29. The standard InChI is InChI=1S/C29H48F2N4O6/c1-26(2,3)21(33-25(40)41-8)24(39)35-17-29(13-10-9-11-14-29)16-19(35)22(37)32-18(12-15-28(7,30)31)20(36)23(38)34-27(4,5)6/h18-19,21H,9-17H2,1-8H3,(H,32,37)(H,33,40)(H,34,38)/t18-,19-,21+/m0/s1. The summed E-state index contributed by atoms with van der Waals surface area (Å²) in [4.78, 5) is 67.1. The highest BCUT2D eigenvalue weighted by atomic mass is 19.3. The lowest BCUT2D eigenvalue weighted by molar-refractivity contribution is -0.144. The van der Waals surface area contributed by atoms with Gasteiger partial charge in [-0.1, -0.05) is 40.0 Å². The topological polar surface area (TPSA) is 134 Å². The van der Waals surface area contributed by atoms with Gasteiger partial charge in [0.25, 0.3) is 5.91 Å². The van der Waals surface area contributed by atoms with Gasteiger partial charge in [-0.3, -0.25) is 19.2 Å². The summed E-state index contributed by atoms with van der Waals surface area (Å²) >= 11 is 0. The predicted molar refractivity (Wildman–Crippen MR) is 149 cm³/mol. The third kappa shape index (κ3) is 9.92. The van der Waals surface area contributed by atoms with Crippen LogP contribution in [-0.4, -0.2) is 77.7 Å². The highest BCUT2D eigenvalue weighted by molar-refractivity contribution is 6.38. The quantitative estimate of drug-likeness (QED) is 0.353. The van der Waals surface area contributed by atoms with Gasteiger partial charge >= 0.3 is 6.09 Å². The first-order chi connectivity index (χ1) is 18.7. The number of halogens is 2. The molecule has 1 saturated heterocycles. The molecule has 1 saturated carbocycles. The van der Waals surface area contributed by atoms with Crippen LogP contribution < -0.4 is 16.0 Å². The lowest BCUT2D eigenvalue weighted by Crippen LogP contribution is -2.59. The lowest BCUT2D eigenvalue weighted by Gasteiger charge is -2.36. The van der Waals surface area contributed by atoms with Crippen molar-refractivity contribution in [1.29, 1.82) is 0 Å². The SMILES string of the molecule is COC(=O)N[C@H](C(=O)N1CC2(CCCCC2)C[C@H]1C(=O)N[C@@H](CCC(C)(F)F)C(=O)C(=O)NC(C)(C)C)C(C)(C)C. The number of nitrogens with one attached hydrogen (secondary N) is 3. The number of ketones is 1. The maximum Gasteiger partial charge on any atom is 0.407 e. The van der Waals surface area contributed by atoms with Gasteiger partial charge < -0.3 is 25.6 Å². The molecule has 0 bridgehead atoms. The molecule has 4 amide bonds. The van der Waals surface area contributed by atoms with Crippen molar-refractivity contribution in [3.63, 3.8) is 0 Å². The molecule has 1 aliphatic heterocycles. The minimum absolute atomic E-state index is 0.287. The molecule has 0 radical (unpaired) electrons. The molecule has 0 aromatic carbocycles. The van der Waals surface area contributed by atoms with Crippen molar-refractivity contribution in [3.8, 4) is 0 Å². The van der Waals surface area contributed by atoms with Gasteiger partial charge in [-0.15, -0.1) is 0 Å². The molecule has 3 N–H and O–H groups in total. The second-order valence-electron chi connectivity index (χ2n) is 13.9. The van der Waals surface area contributed by atoms with Gasteiger partial charge in [0.15, 0.2) is 0 Å². The number of carbonyl (C=O) groups is 5. The molecule has 2 fully saturated rings. The number of nitrogens with zero attached hydrogens (tertiary/aromatic N) is 1. The maximum atomic E-state index is 14.0. The Morgan fingerprint density at radius 1 is 0.951 bits per heavy atom. The lowest BCUT2D eigenvalue weighted by atomic mass is 9.72. The van der Waals surface area contributed by atoms with Crippen LogP contribution in [0.25, 0.3) is 0 Å². The zero-order valence-corrected chi connectivity index (χ0v) is 25.7. The molecule has 0 unspecified atom stereocenters. The van der Waals surface area contributed by atoms with Crippen LogP contribution in [0.15, 0.2) is 0 Å². The van der Waals surface area contributed by atoms with Gasteiger partial charge in [-0.2, -0.15) is 0 Å². The Balaban J connectivity index is 2.41. The number of rotatable bonds is 9. The Bertz CT molecular complexity index is 993. The van der Waals surface area contributed by atoms with E-state index < -0.39 is 77.4 Å². The summed E-state index contributed by atoms with van der Waals surface area (Å²) in [6.45, 7) is 11.3. The molecule has 0 aromatic rings. The number of carbonyl (C=O) groups excluding carboxylic acids is 5. The molecule has 1 aliphatic carbocycles. The van der Waals surface area contributed by atoms with Crippen molar-refractivity contribution in [1.82, 2.24) is 20.9 Å². The van der Waals surface area contributed by atoms with Crippen molar-refractivity contribution >= 4 is 29.6 Å². The molecule has 0 aromatic heterocycles. The Labute approximate surface area is 242 Å². The fourth-order valence-corrected chi connectivity index (χ4v) is 5.67. The van der Waals surface area contributed by atoms with Gasteiger partial charge in [-0.05, 0) is 64.2 Å². The van der Waals surface area contributed by atoms with Crippen LogP contribution in [0.5, 0.6) is 0 Å². The summed E-state index contributed by atoms with van der Waals surface area (Å²) < 4.78 is 32.3. The number of Topliss-reactive ketones (excluding diaryl/α,β-unsaturated/α-hetero) is 1. The van der Waals surface area contributed by atoms with Gasteiger partial charge in [0.2, 0.25) is 23.5 Å². The monoisotopic (exact) mass is 586 g/mol. The number of amides is 4. The Hall–Kier alpha value is -2.79. The summed E-state index contributed by atoms with van der Waals surface area (Å²) in [6, 6.07) is -3.52. The molecule has 1 spiro atoms. The van der Waals surface area contributed by atoms with Crippen molar-refractivity contribution in [2.45, 2.75) is 129 Å². The van der Waals surface area contributed by atoms with Gasteiger partial charge in [0.1, 0.15) is 12.1 Å². The van der Waals surface area contributed by atoms with Crippen molar-refractivity contribution < 1.29 is 37.5 Å². The van der Waals surface area contributed by atoms with E-state index in [-0.39, 0.29) is 12.0 Å². The zero-order chi connectivity index (χ0) is 31.4. The Morgan fingerprint density at radius 3 is 2.02 bits per heavy atom. The average molecular weight is 587 g/mol. The second-order valence-corrected chi connectivity index (χ2v) is 13.9. The van der Waals surface area contributed by atoms with E-state index in [9.17, 15) is 32.8 Å². The third-order valence-corrected chi connectivity index (χ3v) is 7.79. The van der Waals surface area contributed by atoms with E-state index in [2.05, 4.69) is 16.0 Å². The fourth-order valence-electron chi connectivity index (χ4n) is 5.67. The van der Waals surface area contributed by atoms with Crippen molar-refractivity contribution in [2.75, 3.05) is 13.7 Å². The van der Waals surface area contributed by atoms with Crippen LogP contribution in [0.3, 0.4) is 0 Å². The van der Waals surface area contributed by atoms with Crippen molar-refractivity contribution in [2.24, 2.45) is 10.8 Å². The van der Waals surface area contributed by atoms with Gasteiger partial charge in [0.05, 0.1) is 13.2 Å². The summed E-state index contributed by atoms with van der Waals surface area (Å²) in [5.41, 5.74) is -1.80. The first-order valence-electron chi connectivity index (χ1n) is 14.4. The molecule has 3 atom stereocenters. The van der Waals surface area contributed by atoms with E-state index in [1.54, 1.807) is 41.5 Å². The Kier molecular flexibility index (Phi) is 10.9. The van der Waals surface area contributed by atoms with Gasteiger partial charge in [0, 0.05) is 18.5 Å². The zero-order valence-electron chi connectivity index (χ0n) is 25.7. The highest BCUT2D eigenvalue weighted by Crippen LogP contribution is 2.47. The normalized spacial score (nSPS) is 20.6. The molecule has 234 valence electrons. The van der Waals surface area contributed by atoms with Crippen LogP contribution in [0, 0.1) is 10.8 Å². The van der Waals surface area contributed by atoms with E-state index in [4.69, 9.17) is 4.74 Å². The summed E-state index contributed by atoms with van der Waals surface area (Å²) in [6.07, 6.45) is 2.92. The largest absolute Gasteiger partial charge is 0.453 e. The summed E-state index contributed by atoms with van der Waals surface area (Å²) in [7, 11) is 1.19. The first kappa shape index (κ1) is 34.4. The number of alkyl halides is 2. The minimum Gasteiger partial charge on any atom is -0.453 e. The smallest absolute Gasteiger partial charge is 0.407 e. The van der Waals surface area contributed by atoms with Crippen LogP contribution in [0.1, 0.15) is 99.8 Å². The second kappa shape index (κ2) is 13.0. The highest BCUT2D eigenvalue weighted by Gasteiger charge is 2.51. The van der Waals surface area contributed by atoms with E-state index in [0.717, 1.165) is 32.1 Å². The number of likely N-dealkylation sites (tertiary alicyclic amines) is 1. The molecule has 2 rings (SSSR count). The van der Waals surface area contributed by atoms with Crippen LogP contribution >= 0.6 is 0 Å².